The van der Waals surface area contributed by atoms with Gasteiger partial charge < -0.3 is 10.6 Å². The van der Waals surface area contributed by atoms with Crippen LogP contribution >= 0.6 is 0 Å². The van der Waals surface area contributed by atoms with Crippen LogP contribution in [0.3, 0.4) is 0 Å². The Labute approximate surface area is 112 Å². The molecule has 0 heterocycles. The zero-order valence-corrected chi connectivity index (χ0v) is 11.5. The van der Waals surface area contributed by atoms with Crippen LogP contribution in [0.5, 0.6) is 0 Å². The molecule has 0 bridgehead atoms. The molecular formula is C13H20FN3O2. The number of non-ortho nitro benzene ring substituents is 1. The lowest BCUT2D eigenvalue weighted by molar-refractivity contribution is -0.385. The van der Waals surface area contributed by atoms with Crippen LogP contribution in [0, 0.1) is 21.8 Å². The van der Waals surface area contributed by atoms with E-state index >= 15 is 0 Å². The Morgan fingerprint density at radius 2 is 2.05 bits per heavy atom. The highest BCUT2D eigenvalue weighted by molar-refractivity contribution is 5.53. The van der Waals surface area contributed by atoms with Gasteiger partial charge in [-0.15, -0.1) is 0 Å². The fourth-order valence-electron chi connectivity index (χ4n) is 1.69. The summed E-state index contributed by atoms with van der Waals surface area (Å²) in [6.45, 7) is 4.70. The maximum atomic E-state index is 13.3. The van der Waals surface area contributed by atoms with Crippen LogP contribution < -0.4 is 10.6 Å². The molecule has 6 heteroatoms. The monoisotopic (exact) mass is 269 g/mol. The Morgan fingerprint density at radius 1 is 1.42 bits per heavy atom. The van der Waals surface area contributed by atoms with Crippen LogP contribution in [-0.2, 0) is 0 Å². The second-order valence-electron chi connectivity index (χ2n) is 5.04. The van der Waals surface area contributed by atoms with Gasteiger partial charge in [0.05, 0.1) is 11.0 Å². The number of hydrogen-bond acceptors (Lipinski definition) is 4. The highest BCUT2D eigenvalue weighted by Crippen LogP contribution is 2.23. The number of nitro benzene ring substituents is 1. The number of rotatable bonds is 6. The van der Waals surface area contributed by atoms with Crippen molar-refractivity contribution in [1.82, 2.24) is 0 Å². The van der Waals surface area contributed by atoms with E-state index in [9.17, 15) is 14.5 Å². The van der Waals surface area contributed by atoms with E-state index in [1.54, 1.807) is 11.9 Å². The van der Waals surface area contributed by atoms with Crippen LogP contribution in [0.2, 0.25) is 0 Å². The van der Waals surface area contributed by atoms with E-state index in [1.807, 2.05) is 13.8 Å². The van der Waals surface area contributed by atoms with Crippen LogP contribution in [0.4, 0.5) is 15.8 Å². The van der Waals surface area contributed by atoms with E-state index in [0.29, 0.717) is 18.2 Å². The second-order valence-corrected chi connectivity index (χ2v) is 5.04. The summed E-state index contributed by atoms with van der Waals surface area (Å²) < 4.78 is 13.3. The van der Waals surface area contributed by atoms with Crippen molar-refractivity contribution in [3.05, 3.63) is 34.1 Å². The van der Waals surface area contributed by atoms with Gasteiger partial charge in [0.15, 0.2) is 0 Å². The lowest BCUT2D eigenvalue weighted by atomic mass is 10.0. The molecule has 0 saturated heterocycles. The van der Waals surface area contributed by atoms with Crippen LogP contribution in [0.1, 0.15) is 20.3 Å². The molecule has 2 N–H and O–H groups in total. The standard InChI is InChI=1S/C13H20FN3O2/c1-9(2)13(15)4-5-16(3)11-6-10(14)7-12(8-11)17(18)19/h6-9,13H,4-5,15H2,1-3H3. The largest absolute Gasteiger partial charge is 0.374 e. The summed E-state index contributed by atoms with van der Waals surface area (Å²) in [6, 6.07) is 3.63. The molecule has 1 unspecified atom stereocenters. The number of nitrogens with zero attached hydrogens (tertiary/aromatic N) is 2. The summed E-state index contributed by atoms with van der Waals surface area (Å²) in [4.78, 5) is 11.9. The third-order valence-electron chi connectivity index (χ3n) is 3.17. The van der Waals surface area contributed by atoms with Gasteiger partial charge in [-0.05, 0) is 18.4 Å². The van der Waals surface area contributed by atoms with E-state index in [2.05, 4.69) is 0 Å². The van der Waals surface area contributed by atoms with Gasteiger partial charge in [0.25, 0.3) is 5.69 Å². The first-order chi connectivity index (χ1) is 8.81. The predicted octanol–water partition coefficient (Wildman–Crippen LogP) is 2.54. The summed E-state index contributed by atoms with van der Waals surface area (Å²) in [5.41, 5.74) is 6.19. The average molecular weight is 269 g/mol. The number of nitro groups is 1. The summed E-state index contributed by atoms with van der Waals surface area (Å²) in [5.74, 6) is -0.237. The molecular weight excluding hydrogens is 249 g/mol. The Hall–Kier alpha value is -1.69. The minimum atomic E-state index is -0.607. The molecule has 0 radical (unpaired) electrons. The normalized spacial score (nSPS) is 12.5. The van der Waals surface area contributed by atoms with Gasteiger partial charge in [0.1, 0.15) is 5.82 Å². The lowest BCUT2D eigenvalue weighted by Gasteiger charge is -2.23. The van der Waals surface area contributed by atoms with Crippen LogP contribution in [-0.4, -0.2) is 24.6 Å². The first-order valence-corrected chi connectivity index (χ1v) is 6.23. The topological polar surface area (TPSA) is 72.4 Å². The van der Waals surface area contributed by atoms with E-state index in [1.165, 1.54) is 12.1 Å². The summed E-state index contributed by atoms with van der Waals surface area (Å²) in [6.07, 6.45) is 0.748. The molecule has 0 aliphatic heterocycles. The molecule has 0 fully saturated rings. The van der Waals surface area contributed by atoms with Crippen molar-refractivity contribution in [3.63, 3.8) is 0 Å². The Morgan fingerprint density at radius 3 is 2.58 bits per heavy atom. The van der Waals surface area contributed by atoms with Crippen molar-refractivity contribution in [2.24, 2.45) is 11.7 Å². The Kier molecular flexibility index (Phi) is 5.23. The molecule has 5 nitrogen and oxygen atoms in total. The van der Waals surface area contributed by atoms with Crippen LogP contribution in [0.15, 0.2) is 18.2 Å². The lowest BCUT2D eigenvalue weighted by Crippen LogP contribution is -2.31. The van der Waals surface area contributed by atoms with Gasteiger partial charge in [0.2, 0.25) is 0 Å². The summed E-state index contributed by atoms with van der Waals surface area (Å²) >= 11 is 0. The molecule has 1 aromatic carbocycles. The number of halogens is 1. The molecule has 0 spiro atoms. The molecule has 106 valence electrons. The van der Waals surface area contributed by atoms with Gasteiger partial charge in [-0.1, -0.05) is 13.8 Å². The van der Waals surface area contributed by atoms with Gasteiger partial charge in [0, 0.05) is 31.4 Å². The smallest absolute Gasteiger partial charge is 0.274 e. The quantitative estimate of drug-likeness (QED) is 0.636. The van der Waals surface area contributed by atoms with E-state index in [0.717, 1.165) is 12.5 Å². The number of nitrogens with two attached hydrogens (primary N) is 1. The molecule has 19 heavy (non-hydrogen) atoms. The summed E-state index contributed by atoms with van der Waals surface area (Å²) in [7, 11) is 1.77. The minimum Gasteiger partial charge on any atom is -0.374 e. The van der Waals surface area contributed by atoms with Crippen molar-refractivity contribution in [1.29, 1.82) is 0 Å². The van der Waals surface area contributed by atoms with Gasteiger partial charge >= 0.3 is 0 Å². The Balaban J connectivity index is 2.76. The predicted molar refractivity (Wildman–Crippen MR) is 73.8 cm³/mol. The molecule has 0 aliphatic rings. The molecule has 1 atom stereocenters. The van der Waals surface area contributed by atoms with E-state index < -0.39 is 10.7 Å². The maximum absolute atomic E-state index is 13.3. The second kappa shape index (κ2) is 6.47. The Bertz CT molecular complexity index is 452. The fraction of sp³-hybridized carbons (Fsp3) is 0.538. The highest BCUT2D eigenvalue weighted by atomic mass is 19.1. The molecule has 1 rings (SSSR count). The third-order valence-corrected chi connectivity index (χ3v) is 3.17. The minimum absolute atomic E-state index is 0.0611. The third kappa shape index (κ3) is 4.48. The van der Waals surface area contributed by atoms with Crippen molar-refractivity contribution in [2.45, 2.75) is 26.3 Å². The van der Waals surface area contributed by atoms with Gasteiger partial charge in [-0.2, -0.15) is 0 Å². The highest BCUT2D eigenvalue weighted by Gasteiger charge is 2.14. The number of hydrogen-bond donors (Lipinski definition) is 1. The maximum Gasteiger partial charge on any atom is 0.274 e. The van der Waals surface area contributed by atoms with Gasteiger partial charge in [-0.25, -0.2) is 4.39 Å². The van der Waals surface area contributed by atoms with Gasteiger partial charge in [-0.3, -0.25) is 10.1 Å². The van der Waals surface area contributed by atoms with Crippen molar-refractivity contribution in [2.75, 3.05) is 18.5 Å². The molecule has 0 amide bonds. The van der Waals surface area contributed by atoms with Crippen molar-refractivity contribution < 1.29 is 9.31 Å². The zero-order valence-electron chi connectivity index (χ0n) is 11.5. The first-order valence-electron chi connectivity index (χ1n) is 6.23. The number of anilines is 1. The molecule has 0 aromatic heterocycles. The first kappa shape index (κ1) is 15.4. The number of benzene rings is 1. The zero-order chi connectivity index (χ0) is 14.6. The van der Waals surface area contributed by atoms with Crippen molar-refractivity contribution in [3.8, 4) is 0 Å². The fourth-order valence-corrected chi connectivity index (χ4v) is 1.69. The molecule has 0 aliphatic carbocycles. The molecule has 1 aromatic rings. The average Bonchev–Trinajstić information content (AvgIpc) is 2.34. The molecule has 0 saturated carbocycles. The van der Waals surface area contributed by atoms with E-state index in [4.69, 9.17) is 5.73 Å². The SMILES string of the molecule is CC(C)C(N)CCN(C)c1cc(F)cc([N+](=O)[O-])c1. The van der Waals surface area contributed by atoms with Crippen molar-refractivity contribution >= 4 is 11.4 Å². The summed E-state index contributed by atoms with van der Waals surface area (Å²) in [5, 5.41) is 10.7. The van der Waals surface area contributed by atoms with Crippen LogP contribution in [0.25, 0.3) is 0 Å². The van der Waals surface area contributed by atoms with E-state index in [-0.39, 0.29) is 11.7 Å².